The van der Waals surface area contributed by atoms with Gasteiger partial charge in [-0.15, -0.1) is 0 Å². The van der Waals surface area contributed by atoms with E-state index >= 15 is 0 Å². The molecule has 0 heterocycles. The standard InChI is InChI=1S/C10H7F6N3O.C10H6F6O2/c11-9(12,13)4-1-2-6(10(14,15)16)5(3-4)7(20)19-8(17)18;1-18-8(17)6-4-5(9(11,12)13)2-3-7(6)10(14,15)16/h1-3H,(H4,17,18,19,20);2-4H,1H3. The molecule has 0 saturated carbocycles. The topological polar surface area (TPSA) is 108 Å². The Labute approximate surface area is 203 Å². The predicted molar refractivity (Wildman–Crippen MR) is 104 cm³/mol. The smallest absolute Gasteiger partial charge is 0.417 e. The van der Waals surface area contributed by atoms with E-state index in [2.05, 4.69) is 9.73 Å². The summed E-state index contributed by atoms with van der Waals surface area (Å²) in [6.45, 7) is 0. The zero-order valence-electron chi connectivity index (χ0n) is 18.3. The Kier molecular flexibility index (Phi) is 9.42. The zero-order chi connectivity index (χ0) is 29.9. The minimum Gasteiger partial charge on any atom is -0.465 e. The lowest BCUT2D eigenvalue weighted by molar-refractivity contribution is -0.141. The number of ether oxygens (including phenoxy) is 1. The number of esters is 1. The van der Waals surface area contributed by atoms with Gasteiger partial charge in [0.2, 0.25) is 0 Å². The monoisotopic (exact) mass is 571 g/mol. The fourth-order valence-electron chi connectivity index (χ4n) is 2.57. The number of nitrogens with two attached hydrogens (primary N) is 2. The highest BCUT2D eigenvalue weighted by Crippen LogP contribution is 2.38. The summed E-state index contributed by atoms with van der Waals surface area (Å²) >= 11 is 0. The first-order valence-corrected chi connectivity index (χ1v) is 9.29. The molecule has 0 bridgehead atoms. The van der Waals surface area contributed by atoms with Gasteiger partial charge in [-0.05, 0) is 36.4 Å². The Morgan fingerprint density at radius 3 is 1.34 bits per heavy atom. The average molecular weight is 571 g/mol. The number of alkyl halides is 12. The van der Waals surface area contributed by atoms with Crippen LogP contribution in [0.4, 0.5) is 52.7 Å². The molecular weight excluding hydrogens is 558 g/mol. The van der Waals surface area contributed by atoms with Crippen molar-refractivity contribution in [3.63, 3.8) is 0 Å². The molecule has 2 rings (SSSR count). The van der Waals surface area contributed by atoms with Crippen LogP contribution in [-0.2, 0) is 29.4 Å². The van der Waals surface area contributed by atoms with Crippen LogP contribution in [0.1, 0.15) is 43.0 Å². The molecule has 210 valence electrons. The minimum absolute atomic E-state index is 0.0532. The van der Waals surface area contributed by atoms with Crippen molar-refractivity contribution in [3.8, 4) is 0 Å². The van der Waals surface area contributed by atoms with Crippen molar-refractivity contribution in [1.29, 1.82) is 0 Å². The molecule has 0 unspecified atom stereocenters. The normalized spacial score (nSPS) is 12.2. The molecule has 0 fully saturated rings. The van der Waals surface area contributed by atoms with Gasteiger partial charge in [0.1, 0.15) is 0 Å². The minimum atomic E-state index is -5.02. The van der Waals surface area contributed by atoms with Crippen LogP contribution < -0.4 is 11.5 Å². The molecule has 0 aromatic heterocycles. The number of halogens is 12. The molecule has 0 radical (unpaired) electrons. The highest BCUT2D eigenvalue weighted by atomic mass is 19.4. The summed E-state index contributed by atoms with van der Waals surface area (Å²) in [7, 11) is 0.781. The summed E-state index contributed by atoms with van der Waals surface area (Å²) in [6, 6.07) is 1.00. The van der Waals surface area contributed by atoms with E-state index in [9.17, 15) is 62.3 Å². The summed E-state index contributed by atoms with van der Waals surface area (Å²) in [5.41, 5.74) is 1.40. The maximum Gasteiger partial charge on any atom is 0.417 e. The van der Waals surface area contributed by atoms with Crippen molar-refractivity contribution < 1.29 is 67.0 Å². The first kappa shape index (κ1) is 32.0. The van der Waals surface area contributed by atoms with Crippen molar-refractivity contribution in [3.05, 3.63) is 69.8 Å². The Balaban J connectivity index is 0.000000382. The van der Waals surface area contributed by atoms with Crippen LogP contribution in [0, 0.1) is 0 Å². The molecule has 0 aliphatic rings. The van der Waals surface area contributed by atoms with Gasteiger partial charge in [0.15, 0.2) is 5.96 Å². The number of hydrogen-bond acceptors (Lipinski definition) is 3. The second kappa shape index (κ2) is 11.2. The third-order valence-electron chi connectivity index (χ3n) is 4.17. The first-order chi connectivity index (χ1) is 17.0. The van der Waals surface area contributed by atoms with Gasteiger partial charge in [-0.1, -0.05) is 0 Å². The number of nitrogens with zero attached hydrogens (tertiary/aromatic N) is 1. The Hall–Kier alpha value is -3.99. The lowest BCUT2D eigenvalue weighted by Gasteiger charge is -2.14. The summed E-state index contributed by atoms with van der Waals surface area (Å²) < 4.78 is 154. The number of methoxy groups -OCH3 is 1. The molecule has 0 saturated heterocycles. The predicted octanol–water partition coefficient (Wildman–Crippen LogP) is 5.65. The van der Waals surface area contributed by atoms with Crippen molar-refractivity contribution in [1.82, 2.24) is 0 Å². The average Bonchev–Trinajstić information content (AvgIpc) is 2.75. The van der Waals surface area contributed by atoms with Gasteiger partial charge in [0.25, 0.3) is 5.91 Å². The molecule has 18 heteroatoms. The van der Waals surface area contributed by atoms with Crippen LogP contribution in [0.2, 0.25) is 0 Å². The molecule has 0 atom stereocenters. The second-order valence-corrected chi connectivity index (χ2v) is 6.85. The highest BCUT2D eigenvalue weighted by molar-refractivity contribution is 6.03. The maximum atomic E-state index is 12.6. The fourth-order valence-corrected chi connectivity index (χ4v) is 2.57. The van der Waals surface area contributed by atoms with Gasteiger partial charge >= 0.3 is 30.7 Å². The molecule has 6 nitrogen and oxygen atoms in total. The lowest BCUT2D eigenvalue weighted by atomic mass is 10.0. The molecule has 2 aromatic rings. The summed E-state index contributed by atoms with van der Waals surface area (Å²) in [4.78, 5) is 25.3. The van der Waals surface area contributed by atoms with Gasteiger partial charge < -0.3 is 16.2 Å². The lowest BCUT2D eigenvalue weighted by Crippen LogP contribution is -2.25. The number of hydrogen-bond donors (Lipinski definition) is 2. The molecular formula is C20H13F12N3O3. The second-order valence-electron chi connectivity index (χ2n) is 6.85. The molecule has 2 aromatic carbocycles. The fraction of sp³-hybridized carbons (Fsp3) is 0.250. The molecule has 0 spiro atoms. The molecule has 1 amide bonds. The van der Waals surface area contributed by atoms with Crippen molar-refractivity contribution >= 4 is 17.8 Å². The van der Waals surface area contributed by atoms with E-state index in [1.807, 2.05) is 0 Å². The van der Waals surface area contributed by atoms with Gasteiger partial charge in [-0.2, -0.15) is 57.7 Å². The Bertz CT molecular complexity index is 1210. The van der Waals surface area contributed by atoms with E-state index in [1.54, 1.807) is 0 Å². The van der Waals surface area contributed by atoms with Gasteiger partial charge in [0.05, 0.1) is 40.5 Å². The van der Waals surface area contributed by atoms with Crippen LogP contribution in [0.3, 0.4) is 0 Å². The van der Waals surface area contributed by atoms with E-state index in [0.717, 1.165) is 7.11 Å². The largest absolute Gasteiger partial charge is 0.465 e. The number of carbonyl (C=O) groups excluding carboxylic acids is 2. The summed E-state index contributed by atoms with van der Waals surface area (Å²) in [5.74, 6) is -3.95. The molecule has 4 N–H and O–H groups in total. The van der Waals surface area contributed by atoms with E-state index in [1.165, 1.54) is 0 Å². The van der Waals surface area contributed by atoms with Crippen molar-refractivity contribution in [2.24, 2.45) is 16.5 Å². The van der Waals surface area contributed by atoms with Crippen LogP contribution in [0.15, 0.2) is 41.4 Å². The highest BCUT2D eigenvalue weighted by Gasteiger charge is 2.40. The van der Waals surface area contributed by atoms with Gasteiger partial charge in [0, 0.05) is 0 Å². The first-order valence-electron chi connectivity index (χ1n) is 9.29. The van der Waals surface area contributed by atoms with Gasteiger partial charge in [-0.3, -0.25) is 4.79 Å². The Morgan fingerprint density at radius 2 is 1.03 bits per heavy atom. The number of carbonyl (C=O) groups is 2. The van der Waals surface area contributed by atoms with Crippen molar-refractivity contribution in [2.75, 3.05) is 7.11 Å². The molecule has 0 aliphatic heterocycles. The quantitative estimate of drug-likeness (QED) is 0.210. The Morgan fingerprint density at radius 1 is 0.658 bits per heavy atom. The maximum absolute atomic E-state index is 12.6. The number of amides is 1. The summed E-state index contributed by atoms with van der Waals surface area (Å²) in [5, 5.41) is 0. The van der Waals surface area contributed by atoms with Crippen LogP contribution in [0.25, 0.3) is 0 Å². The van der Waals surface area contributed by atoms with Crippen LogP contribution in [-0.4, -0.2) is 24.9 Å². The van der Waals surface area contributed by atoms with E-state index < -0.39 is 75.9 Å². The van der Waals surface area contributed by atoms with E-state index in [4.69, 9.17) is 11.5 Å². The molecule has 0 aliphatic carbocycles. The zero-order valence-corrected chi connectivity index (χ0v) is 18.3. The number of benzene rings is 2. The number of guanidine groups is 1. The van der Waals surface area contributed by atoms with E-state index in [-0.39, 0.29) is 36.4 Å². The van der Waals surface area contributed by atoms with Crippen LogP contribution >= 0.6 is 0 Å². The summed E-state index contributed by atoms with van der Waals surface area (Å²) in [6.07, 6.45) is -19.7. The number of aliphatic imine (C=N–C) groups is 1. The van der Waals surface area contributed by atoms with Gasteiger partial charge in [-0.25, -0.2) is 4.79 Å². The van der Waals surface area contributed by atoms with Crippen molar-refractivity contribution in [2.45, 2.75) is 24.7 Å². The van der Waals surface area contributed by atoms with Crippen LogP contribution in [0.5, 0.6) is 0 Å². The third-order valence-corrected chi connectivity index (χ3v) is 4.17. The van der Waals surface area contributed by atoms with E-state index in [0.29, 0.717) is 0 Å². The number of rotatable bonds is 2. The molecule has 38 heavy (non-hydrogen) atoms. The SMILES string of the molecule is COC(=O)c1cc(C(F)(F)F)ccc1C(F)(F)F.NC(N)=NC(=O)c1cc(C(F)(F)F)ccc1C(F)(F)F. The third kappa shape index (κ3) is 8.55.